The first-order chi connectivity index (χ1) is 14.3. The molecule has 0 saturated heterocycles. The number of rotatable bonds is 7. The first-order valence-corrected chi connectivity index (χ1v) is 12.4. The maximum absolute atomic E-state index is 12.7. The molecule has 1 N–H and O–H groups in total. The average Bonchev–Trinajstić information content (AvgIpc) is 3.05. The summed E-state index contributed by atoms with van der Waals surface area (Å²) < 4.78 is 5.32. The fraction of sp³-hybridized carbons (Fsp3) is 0.500. The van der Waals surface area contributed by atoms with Crippen LogP contribution in [0, 0.1) is 11.3 Å². The molecular weight excluding hydrogens is 414 g/mol. The van der Waals surface area contributed by atoms with Crippen molar-refractivity contribution in [2.75, 3.05) is 17.7 Å². The van der Waals surface area contributed by atoms with Gasteiger partial charge >= 0.3 is 5.97 Å². The van der Waals surface area contributed by atoms with Gasteiger partial charge in [-0.05, 0) is 55.2 Å². The van der Waals surface area contributed by atoms with Crippen molar-refractivity contribution in [3.63, 3.8) is 0 Å². The van der Waals surface area contributed by atoms with Gasteiger partial charge in [-0.1, -0.05) is 39.0 Å². The normalized spacial score (nSPS) is 16.1. The van der Waals surface area contributed by atoms with E-state index >= 15 is 0 Å². The van der Waals surface area contributed by atoms with Crippen molar-refractivity contribution in [2.45, 2.75) is 58.3 Å². The molecule has 0 bridgehead atoms. The molecule has 1 heterocycles. The van der Waals surface area contributed by atoms with E-state index < -0.39 is 0 Å². The Morgan fingerprint density at radius 3 is 2.63 bits per heavy atom. The van der Waals surface area contributed by atoms with Crippen LogP contribution in [0.3, 0.4) is 0 Å². The lowest BCUT2D eigenvalue weighted by atomic mass is 9.72. The molecule has 1 atom stereocenters. The molecule has 1 aliphatic carbocycles. The Morgan fingerprint density at radius 2 is 1.97 bits per heavy atom. The summed E-state index contributed by atoms with van der Waals surface area (Å²) >= 11 is 3.21. The lowest BCUT2D eigenvalue weighted by Crippen LogP contribution is -2.26. The molecule has 3 rings (SSSR count). The summed E-state index contributed by atoms with van der Waals surface area (Å²) in [4.78, 5) is 27.7. The van der Waals surface area contributed by atoms with Gasteiger partial charge in [0.2, 0.25) is 5.91 Å². The number of benzene rings is 1. The molecule has 0 fully saturated rings. The van der Waals surface area contributed by atoms with Crippen LogP contribution in [-0.4, -0.2) is 24.2 Å². The molecule has 1 aliphatic rings. The smallest absolute Gasteiger partial charge is 0.341 e. The molecule has 0 radical (unpaired) electrons. The minimum absolute atomic E-state index is 0.0602. The van der Waals surface area contributed by atoms with E-state index in [1.54, 1.807) is 23.1 Å². The van der Waals surface area contributed by atoms with Gasteiger partial charge in [0.15, 0.2) is 0 Å². The van der Waals surface area contributed by atoms with Crippen LogP contribution in [0.4, 0.5) is 5.00 Å². The number of anilines is 1. The van der Waals surface area contributed by atoms with E-state index in [1.165, 1.54) is 4.88 Å². The van der Waals surface area contributed by atoms with E-state index in [9.17, 15) is 9.59 Å². The lowest BCUT2D eigenvalue weighted by molar-refractivity contribution is -0.115. The quantitative estimate of drug-likeness (QED) is 0.407. The van der Waals surface area contributed by atoms with Crippen LogP contribution in [0.5, 0.6) is 0 Å². The van der Waals surface area contributed by atoms with Crippen molar-refractivity contribution < 1.29 is 14.3 Å². The number of thioether (sulfide) groups is 1. The van der Waals surface area contributed by atoms with Crippen molar-refractivity contribution in [1.82, 2.24) is 0 Å². The number of esters is 1. The number of fused-ring (bicyclic) bond motifs is 1. The van der Waals surface area contributed by atoms with Crippen molar-refractivity contribution in [3.8, 4) is 0 Å². The Balaban J connectivity index is 1.72. The fourth-order valence-corrected chi connectivity index (χ4v) is 6.00. The van der Waals surface area contributed by atoms with Crippen LogP contribution >= 0.6 is 23.1 Å². The van der Waals surface area contributed by atoms with Gasteiger partial charge in [-0.25, -0.2) is 4.79 Å². The number of thiophene rings is 1. The summed E-state index contributed by atoms with van der Waals surface area (Å²) in [6.07, 6.45) is 3.27. The first-order valence-electron chi connectivity index (χ1n) is 10.6. The van der Waals surface area contributed by atoms with Gasteiger partial charge in [-0.3, -0.25) is 4.79 Å². The number of carbonyl (C=O) groups is 2. The Labute approximate surface area is 187 Å². The zero-order valence-electron chi connectivity index (χ0n) is 18.2. The van der Waals surface area contributed by atoms with Gasteiger partial charge in [0.05, 0.1) is 12.2 Å². The van der Waals surface area contributed by atoms with Crippen molar-refractivity contribution in [2.24, 2.45) is 11.3 Å². The van der Waals surface area contributed by atoms with E-state index in [2.05, 4.69) is 26.1 Å². The van der Waals surface area contributed by atoms with Crippen LogP contribution in [0.15, 0.2) is 35.2 Å². The third-order valence-electron chi connectivity index (χ3n) is 5.56. The summed E-state index contributed by atoms with van der Waals surface area (Å²) in [7, 11) is 0. The zero-order chi connectivity index (χ0) is 21.7. The van der Waals surface area contributed by atoms with E-state index in [1.807, 2.05) is 37.3 Å². The molecule has 2 aromatic rings. The third kappa shape index (κ3) is 5.67. The van der Waals surface area contributed by atoms with Gasteiger partial charge < -0.3 is 10.1 Å². The van der Waals surface area contributed by atoms with Gasteiger partial charge in [-0.15, -0.1) is 23.1 Å². The molecule has 1 aromatic heterocycles. The standard InChI is InChI=1S/C24H31NO3S2/c1-5-28-23(27)21-18-12-11-16(24(2,3)4)15-19(18)30-22(21)25-20(26)13-14-29-17-9-7-6-8-10-17/h6-10,16H,5,11-15H2,1-4H3,(H,25,26). The Kier molecular flexibility index (Phi) is 7.64. The van der Waals surface area contributed by atoms with Crippen molar-refractivity contribution >= 4 is 40.0 Å². The van der Waals surface area contributed by atoms with Gasteiger partial charge in [0.25, 0.3) is 0 Å². The van der Waals surface area contributed by atoms with E-state index in [0.717, 1.165) is 29.7 Å². The number of carbonyl (C=O) groups excluding carboxylic acids is 2. The van der Waals surface area contributed by atoms with E-state index in [4.69, 9.17) is 4.74 Å². The molecule has 0 saturated carbocycles. The summed E-state index contributed by atoms with van der Waals surface area (Å²) in [6.45, 7) is 8.96. The van der Waals surface area contributed by atoms with Crippen molar-refractivity contribution in [1.29, 1.82) is 0 Å². The van der Waals surface area contributed by atoms with Crippen LogP contribution in [0.25, 0.3) is 0 Å². The largest absolute Gasteiger partial charge is 0.462 e. The summed E-state index contributed by atoms with van der Waals surface area (Å²) in [6, 6.07) is 10.1. The molecule has 162 valence electrons. The van der Waals surface area contributed by atoms with Gasteiger partial charge in [-0.2, -0.15) is 0 Å². The molecule has 1 unspecified atom stereocenters. The van der Waals surface area contributed by atoms with Crippen LogP contribution in [0.2, 0.25) is 0 Å². The summed E-state index contributed by atoms with van der Waals surface area (Å²) in [5, 5.41) is 3.67. The Hall–Kier alpha value is -1.79. The molecule has 0 spiro atoms. The topological polar surface area (TPSA) is 55.4 Å². The van der Waals surface area contributed by atoms with Gasteiger partial charge in [0.1, 0.15) is 5.00 Å². The van der Waals surface area contributed by atoms with E-state index in [0.29, 0.717) is 35.3 Å². The van der Waals surface area contributed by atoms with Crippen LogP contribution in [-0.2, 0) is 22.4 Å². The number of hydrogen-bond donors (Lipinski definition) is 1. The molecule has 30 heavy (non-hydrogen) atoms. The minimum atomic E-state index is -0.321. The monoisotopic (exact) mass is 445 g/mol. The van der Waals surface area contributed by atoms with Gasteiger partial charge in [0, 0.05) is 21.9 Å². The molecular formula is C24H31NO3S2. The second-order valence-electron chi connectivity index (χ2n) is 8.69. The third-order valence-corrected chi connectivity index (χ3v) is 7.75. The summed E-state index contributed by atoms with van der Waals surface area (Å²) in [5.41, 5.74) is 1.88. The second kappa shape index (κ2) is 10.0. The van der Waals surface area contributed by atoms with E-state index in [-0.39, 0.29) is 17.3 Å². The number of nitrogens with one attached hydrogen (secondary N) is 1. The van der Waals surface area contributed by atoms with Crippen LogP contribution < -0.4 is 5.32 Å². The highest BCUT2D eigenvalue weighted by atomic mass is 32.2. The highest BCUT2D eigenvalue weighted by Crippen LogP contribution is 2.44. The maximum Gasteiger partial charge on any atom is 0.341 e. The molecule has 6 heteroatoms. The Bertz CT molecular complexity index is 884. The molecule has 0 aliphatic heterocycles. The summed E-state index contributed by atoms with van der Waals surface area (Å²) in [5.74, 6) is 0.888. The number of ether oxygens (including phenoxy) is 1. The highest BCUT2D eigenvalue weighted by Gasteiger charge is 2.34. The fourth-order valence-electron chi connectivity index (χ4n) is 3.80. The second-order valence-corrected chi connectivity index (χ2v) is 11.0. The van der Waals surface area contributed by atoms with Crippen molar-refractivity contribution in [3.05, 3.63) is 46.3 Å². The first kappa shape index (κ1) is 22.9. The van der Waals surface area contributed by atoms with Crippen LogP contribution in [0.1, 0.15) is 61.3 Å². The highest BCUT2D eigenvalue weighted by molar-refractivity contribution is 7.99. The Morgan fingerprint density at radius 1 is 1.23 bits per heavy atom. The molecule has 1 aromatic carbocycles. The average molecular weight is 446 g/mol. The zero-order valence-corrected chi connectivity index (χ0v) is 19.9. The predicted molar refractivity (Wildman–Crippen MR) is 126 cm³/mol. The SMILES string of the molecule is CCOC(=O)c1c(NC(=O)CCSc2ccccc2)sc2c1CCC(C(C)(C)C)C2. The molecule has 1 amide bonds. The maximum atomic E-state index is 12.7. The number of hydrogen-bond acceptors (Lipinski definition) is 5. The molecule has 4 nitrogen and oxygen atoms in total. The predicted octanol–water partition coefficient (Wildman–Crippen LogP) is 6.20. The lowest BCUT2D eigenvalue weighted by Gasteiger charge is -2.33. The minimum Gasteiger partial charge on any atom is -0.462 e. The number of amides is 1.